The van der Waals surface area contributed by atoms with Crippen LogP contribution in [0.1, 0.15) is 31.7 Å². The molecule has 2 rings (SSSR count). The summed E-state index contributed by atoms with van der Waals surface area (Å²) in [6.45, 7) is 5.67. The zero-order chi connectivity index (χ0) is 13.2. The van der Waals surface area contributed by atoms with Gasteiger partial charge in [-0.2, -0.15) is 0 Å². The minimum absolute atomic E-state index is 0.159. The number of rotatable bonds is 2. The highest BCUT2D eigenvalue weighted by atomic mass is 32.2. The van der Waals surface area contributed by atoms with Gasteiger partial charge in [-0.25, -0.2) is 0 Å². The second-order valence-corrected chi connectivity index (χ2v) is 6.51. The summed E-state index contributed by atoms with van der Waals surface area (Å²) in [6, 6.07) is 9.95. The third kappa shape index (κ3) is 3.50. The molecule has 3 nitrogen and oxygen atoms in total. The van der Waals surface area contributed by atoms with Crippen LogP contribution in [0.5, 0.6) is 0 Å². The van der Waals surface area contributed by atoms with E-state index in [4.69, 9.17) is 4.74 Å². The third-order valence-corrected chi connectivity index (χ3v) is 3.84. The van der Waals surface area contributed by atoms with E-state index >= 15 is 0 Å². The Balaban J connectivity index is 1.95. The molecule has 1 aromatic carbocycles. The summed E-state index contributed by atoms with van der Waals surface area (Å²) in [5, 5.41) is 3.50. The molecule has 0 radical (unpaired) electrons. The molecule has 2 atom stereocenters. The molecule has 1 saturated heterocycles. The van der Waals surface area contributed by atoms with Gasteiger partial charge < -0.3 is 4.74 Å². The van der Waals surface area contributed by atoms with Gasteiger partial charge in [0.25, 0.3) is 0 Å². The van der Waals surface area contributed by atoms with E-state index in [-0.39, 0.29) is 17.4 Å². The highest BCUT2D eigenvalue weighted by molar-refractivity contribution is 7.99. The van der Waals surface area contributed by atoms with Gasteiger partial charge in [0.2, 0.25) is 0 Å². The molecule has 0 aromatic heterocycles. The number of carbonyl (C=O) groups is 1. The smallest absolute Gasteiger partial charge is 0.324 e. The molecule has 1 fully saturated rings. The molecule has 4 heteroatoms. The van der Waals surface area contributed by atoms with Gasteiger partial charge in [-0.15, -0.1) is 11.8 Å². The molecule has 0 spiro atoms. The van der Waals surface area contributed by atoms with Gasteiger partial charge in [0, 0.05) is 5.75 Å². The van der Waals surface area contributed by atoms with Crippen molar-refractivity contribution in [1.29, 1.82) is 0 Å². The van der Waals surface area contributed by atoms with E-state index in [0.717, 1.165) is 5.75 Å². The van der Waals surface area contributed by atoms with Gasteiger partial charge in [-0.05, 0) is 26.3 Å². The van der Waals surface area contributed by atoms with E-state index in [1.807, 2.05) is 39.0 Å². The molecular formula is C14H19NO2S. The van der Waals surface area contributed by atoms with Crippen LogP contribution in [0.2, 0.25) is 0 Å². The Morgan fingerprint density at radius 2 is 2.00 bits per heavy atom. The van der Waals surface area contributed by atoms with Crippen molar-refractivity contribution in [3.63, 3.8) is 0 Å². The zero-order valence-electron chi connectivity index (χ0n) is 11.0. The number of thioether (sulfide) groups is 1. The monoisotopic (exact) mass is 265 g/mol. The van der Waals surface area contributed by atoms with Crippen LogP contribution in [-0.4, -0.2) is 23.4 Å². The fraction of sp³-hybridized carbons (Fsp3) is 0.500. The third-order valence-electron chi connectivity index (χ3n) is 2.58. The summed E-state index contributed by atoms with van der Waals surface area (Å²) in [5.74, 6) is 0.600. The molecule has 98 valence electrons. The number of nitrogens with one attached hydrogen (secondary N) is 1. The molecule has 1 heterocycles. The summed E-state index contributed by atoms with van der Waals surface area (Å²) >= 11 is 1.75. The molecule has 1 aliphatic heterocycles. The Morgan fingerprint density at radius 1 is 1.33 bits per heavy atom. The van der Waals surface area contributed by atoms with Gasteiger partial charge in [0.1, 0.15) is 11.6 Å². The molecular weight excluding hydrogens is 246 g/mol. The van der Waals surface area contributed by atoms with Gasteiger partial charge in [0.05, 0.1) is 5.37 Å². The van der Waals surface area contributed by atoms with Gasteiger partial charge in [-0.1, -0.05) is 30.3 Å². The Kier molecular flexibility index (Phi) is 3.97. The number of hydrogen-bond donors (Lipinski definition) is 1. The second-order valence-electron chi connectivity index (χ2n) is 5.38. The SMILES string of the molecule is CC(C)(C)OC(=O)[C@H]1CSC(c2ccccc2)N1. The van der Waals surface area contributed by atoms with Crippen molar-refractivity contribution in [3.8, 4) is 0 Å². The van der Waals surface area contributed by atoms with Crippen molar-refractivity contribution in [2.75, 3.05) is 5.75 Å². The Morgan fingerprint density at radius 3 is 2.61 bits per heavy atom. The predicted molar refractivity (Wildman–Crippen MR) is 74.4 cm³/mol. The number of esters is 1. The van der Waals surface area contributed by atoms with Crippen LogP contribution < -0.4 is 5.32 Å². The molecule has 0 amide bonds. The molecule has 1 aromatic rings. The first-order chi connectivity index (χ1) is 8.46. The van der Waals surface area contributed by atoms with Crippen LogP contribution in [0.15, 0.2) is 30.3 Å². The largest absolute Gasteiger partial charge is 0.459 e. The molecule has 1 aliphatic rings. The fourth-order valence-electron chi connectivity index (χ4n) is 1.80. The van der Waals surface area contributed by atoms with Crippen LogP contribution >= 0.6 is 11.8 Å². The van der Waals surface area contributed by atoms with E-state index < -0.39 is 5.60 Å². The summed E-state index contributed by atoms with van der Waals surface area (Å²) in [4.78, 5) is 11.9. The van der Waals surface area contributed by atoms with Gasteiger partial charge in [0.15, 0.2) is 0 Å². The van der Waals surface area contributed by atoms with Gasteiger partial charge in [-0.3, -0.25) is 10.1 Å². The van der Waals surface area contributed by atoms with Gasteiger partial charge >= 0.3 is 5.97 Å². The molecule has 1 N–H and O–H groups in total. The first-order valence-electron chi connectivity index (χ1n) is 6.11. The van der Waals surface area contributed by atoms with Crippen molar-refractivity contribution in [2.45, 2.75) is 37.8 Å². The maximum Gasteiger partial charge on any atom is 0.324 e. The average Bonchev–Trinajstić information content (AvgIpc) is 2.77. The van der Waals surface area contributed by atoms with Crippen molar-refractivity contribution in [3.05, 3.63) is 35.9 Å². The lowest BCUT2D eigenvalue weighted by molar-refractivity contribution is -0.156. The molecule has 18 heavy (non-hydrogen) atoms. The van der Waals surface area contributed by atoms with E-state index in [1.165, 1.54) is 5.56 Å². The average molecular weight is 265 g/mol. The number of carbonyl (C=O) groups excluding carboxylic acids is 1. The highest BCUT2D eigenvalue weighted by Gasteiger charge is 2.33. The Labute approximate surface area is 112 Å². The first-order valence-corrected chi connectivity index (χ1v) is 7.16. The molecule has 1 unspecified atom stereocenters. The minimum Gasteiger partial charge on any atom is -0.459 e. The number of ether oxygens (including phenoxy) is 1. The lowest BCUT2D eigenvalue weighted by Crippen LogP contribution is -2.39. The maximum absolute atomic E-state index is 11.9. The zero-order valence-corrected chi connectivity index (χ0v) is 11.8. The maximum atomic E-state index is 11.9. The van der Waals surface area contributed by atoms with Crippen LogP contribution in [0.3, 0.4) is 0 Å². The van der Waals surface area contributed by atoms with Crippen LogP contribution in [0.25, 0.3) is 0 Å². The van der Waals surface area contributed by atoms with E-state index in [1.54, 1.807) is 11.8 Å². The fourth-order valence-corrected chi connectivity index (χ4v) is 3.03. The lowest BCUT2D eigenvalue weighted by Gasteiger charge is -2.22. The van der Waals surface area contributed by atoms with Crippen LogP contribution in [-0.2, 0) is 9.53 Å². The van der Waals surface area contributed by atoms with E-state index in [2.05, 4.69) is 17.4 Å². The molecule has 0 bridgehead atoms. The molecule has 0 aliphatic carbocycles. The van der Waals surface area contributed by atoms with Crippen molar-refractivity contribution >= 4 is 17.7 Å². The normalized spacial score (nSPS) is 23.9. The van der Waals surface area contributed by atoms with Crippen LogP contribution in [0.4, 0.5) is 0 Å². The van der Waals surface area contributed by atoms with Crippen LogP contribution in [0, 0.1) is 0 Å². The highest BCUT2D eigenvalue weighted by Crippen LogP contribution is 2.33. The Bertz CT molecular complexity index is 414. The quantitative estimate of drug-likeness (QED) is 0.834. The van der Waals surface area contributed by atoms with E-state index in [9.17, 15) is 4.79 Å². The second kappa shape index (κ2) is 5.33. The minimum atomic E-state index is -0.422. The summed E-state index contributed by atoms with van der Waals surface area (Å²) < 4.78 is 5.39. The first kappa shape index (κ1) is 13.4. The summed E-state index contributed by atoms with van der Waals surface area (Å²) in [5.41, 5.74) is 0.780. The van der Waals surface area contributed by atoms with E-state index in [0.29, 0.717) is 0 Å². The predicted octanol–water partition coefficient (Wildman–Crippen LogP) is 2.73. The van der Waals surface area contributed by atoms with Crippen molar-refractivity contribution in [1.82, 2.24) is 5.32 Å². The number of benzene rings is 1. The number of hydrogen-bond acceptors (Lipinski definition) is 4. The standard InChI is InChI=1S/C14H19NO2S/c1-14(2,3)17-13(16)11-9-18-12(15-11)10-7-5-4-6-8-10/h4-8,11-12,15H,9H2,1-3H3/t11-,12?/m1/s1. The summed E-state index contributed by atoms with van der Waals surface area (Å²) in [7, 11) is 0. The lowest BCUT2D eigenvalue weighted by atomic mass is 10.2. The molecule has 0 saturated carbocycles. The topological polar surface area (TPSA) is 38.3 Å². The Hall–Kier alpha value is -1.00. The summed E-state index contributed by atoms with van der Waals surface area (Å²) in [6.07, 6.45) is 0. The van der Waals surface area contributed by atoms with Crippen molar-refractivity contribution < 1.29 is 9.53 Å². The van der Waals surface area contributed by atoms with Crippen molar-refractivity contribution in [2.24, 2.45) is 0 Å².